The third-order valence-corrected chi connectivity index (χ3v) is 9.20. The summed E-state index contributed by atoms with van der Waals surface area (Å²) in [7, 11) is 0. The molecule has 2 aromatic carbocycles. The Morgan fingerprint density at radius 1 is 0.889 bits per heavy atom. The van der Waals surface area contributed by atoms with Crippen LogP contribution in [-0.2, 0) is 17.6 Å². The molecular weight excluding hydrogens is 446 g/mol. The third kappa shape index (κ3) is 5.16. The maximum atomic E-state index is 13.0. The van der Waals surface area contributed by atoms with Crippen molar-refractivity contribution in [1.82, 2.24) is 5.32 Å². The van der Waals surface area contributed by atoms with Gasteiger partial charge in [0.1, 0.15) is 5.75 Å². The van der Waals surface area contributed by atoms with Crippen LogP contribution in [0.2, 0.25) is 0 Å². The molecule has 4 aliphatic rings. The lowest BCUT2D eigenvalue weighted by molar-refractivity contribution is -0.127. The Morgan fingerprint density at radius 2 is 1.61 bits per heavy atom. The summed E-state index contributed by atoms with van der Waals surface area (Å²) in [6, 6.07) is 15.0. The molecule has 4 heteroatoms. The molecule has 1 N–H and O–H groups in total. The highest BCUT2D eigenvalue weighted by Gasteiger charge is 2.38. The Hall–Kier alpha value is -2.46. The Labute approximate surface area is 215 Å². The number of hydrogen-bond acceptors (Lipinski definition) is 4. The van der Waals surface area contributed by atoms with Gasteiger partial charge < -0.3 is 10.1 Å². The SMILES string of the molecule is O=C(C[C@H]1COc2cc(CC3CCCC3)ccc2C1)c1ccc(C2CC(C(=O)C3CCCC3)N2)cc1. The second-order valence-electron chi connectivity index (χ2n) is 11.8. The number of rotatable bonds is 8. The largest absolute Gasteiger partial charge is 0.493 e. The van der Waals surface area contributed by atoms with Gasteiger partial charge in [0, 0.05) is 29.9 Å². The summed E-state index contributed by atoms with van der Waals surface area (Å²) >= 11 is 0. The maximum Gasteiger partial charge on any atom is 0.163 e. The fraction of sp³-hybridized carbons (Fsp3) is 0.562. The molecule has 2 aliphatic carbocycles. The third-order valence-electron chi connectivity index (χ3n) is 9.20. The molecule has 2 unspecified atom stereocenters. The summed E-state index contributed by atoms with van der Waals surface area (Å²) in [6.45, 7) is 0.617. The summed E-state index contributed by atoms with van der Waals surface area (Å²) in [6.07, 6.45) is 13.5. The van der Waals surface area contributed by atoms with Gasteiger partial charge in [-0.25, -0.2) is 0 Å². The molecule has 0 amide bonds. The predicted octanol–water partition coefficient (Wildman–Crippen LogP) is 6.41. The highest BCUT2D eigenvalue weighted by molar-refractivity contribution is 5.96. The molecule has 2 heterocycles. The van der Waals surface area contributed by atoms with E-state index in [4.69, 9.17) is 4.74 Å². The zero-order chi connectivity index (χ0) is 24.5. The van der Waals surface area contributed by atoms with E-state index >= 15 is 0 Å². The highest BCUT2D eigenvalue weighted by atomic mass is 16.5. The first kappa shape index (κ1) is 23.9. The second-order valence-corrected chi connectivity index (χ2v) is 11.8. The van der Waals surface area contributed by atoms with Crippen LogP contribution in [0.15, 0.2) is 42.5 Å². The number of benzene rings is 2. The van der Waals surface area contributed by atoms with Gasteiger partial charge in [-0.3, -0.25) is 9.59 Å². The van der Waals surface area contributed by atoms with Gasteiger partial charge in [-0.2, -0.15) is 0 Å². The van der Waals surface area contributed by atoms with Gasteiger partial charge in [0.2, 0.25) is 0 Å². The zero-order valence-corrected chi connectivity index (χ0v) is 21.3. The first-order chi connectivity index (χ1) is 17.6. The number of ketones is 2. The van der Waals surface area contributed by atoms with Gasteiger partial charge in [-0.1, -0.05) is 74.9 Å². The van der Waals surface area contributed by atoms with Gasteiger partial charge in [-0.05, 0) is 60.8 Å². The zero-order valence-electron chi connectivity index (χ0n) is 21.3. The quantitative estimate of drug-likeness (QED) is 0.439. The van der Waals surface area contributed by atoms with Crippen molar-refractivity contribution < 1.29 is 14.3 Å². The maximum absolute atomic E-state index is 13.0. The van der Waals surface area contributed by atoms with E-state index in [0.717, 1.165) is 42.9 Å². The van der Waals surface area contributed by atoms with Crippen LogP contribution in [0.4, 0.5) is 0 Å². The molecule has 4 nitrogen and oxygen atoms in total. The number of carbonyl (C=O) groups is 2. The molecular formula is C32H39NO3. The summed E-state index contributed by atoms with van der Waals surface area (Å²) < 4.78 is 6.13. The van der Waals surface area contributed by atoms with Crippen molar-refractivity contribution in [2.24, 2.45) is 17.8 Å². The van der Waals surface area contributed by atoms with Crippen LogP contribution < -0.4 is 10.1 Å². The van der Waals surface area contributed by atoms with Crippen molar-refractivity contribution >= 4 is 11.6 Å². The molecule has 0 bridgehead atoms. The predicted molar refractivity (Wildman–Crippen MR) is 141 cm³/mol. The Kier molecular flexibility index (Phi) is 6.97. The van der Waals surface area contributed by atoms with Crippen molar-refractivity contribution in [3.8, 4) is 5.75 Å². The first-order valence-corrected chi connectivity index (χ1v) is 14.3. The second kappa shape index (κ2) is 10.5. The minimum Gasteiger partial charge on any atom is -0.493 e. The lowest BCUT2D eigenvalue weighted by Crippen LogP contribution is -2.52. The summed E-state index contributed by atoms with van der Waals surface area (Å²) in [5.74, 6) is 2.96. The average Bonchev–Trinajstić information content (AvgIpc) is 3.58. The van der Waals surface area contributed by atoms with E-state index in [1.54, 1.807) is 0 Å². The van der Waals surface area contributed by atoms with Gasteiger partial charge in [-0.15, -0.1) is 0 Å². The molecule has 3 atom stereocenters. The number of nitrogens with one attached hydrogen (secondary N) is 1. The molecule has 1 saturated heterocycles. The van der Waals surface area contributed by atoms with Gasteiger partial charge >= 0.3 is 0 Å². The molecule has 2 aliphatic heterocycles. The Morgan fingerprint density at radius 3 is 2.36 bits per heavy atom. The van der Waals surface area contributed by atoms with E-state index in [0.29, 0.717) is 18.8 Å². The van der Waals surface area contributed by atoms with Crippen LogP contribution in [-0.4, -0.2) is 24.2 Å². The lowest BCUT2D eigenvalue weighted by Gasteiger charge is -2.38. The molecule has 0 radical (unpaired) electrons. The normalized spacial score (nSPS) is 26.3. The van der Waals surface area contributed by atoms with Gasteiger partial charge in [0.05, 0.1) is 12.6 Å². The van der Waals surface area contributed by atoms with Crippen molar-refractivity contribution in [3.63, 3.8) is 0 Å². The molecule has 6 rings (SSSR count). The summed E-state index contributed by atoms with van der Waals surface area (Å²) in [5, 5.41) is 3.47. The van der Waals surface area contributed by atoms with E-state index in [-0.39, 0.29) is 29.7 Å². The molecule has 2 saturated carbocycles. The monoisotopic (exact) mass is 485 g/mol. The molecule has 190 valence electrons. The van der Waals surface area contributed by atoms with Crippen molar-refractivity contribution in [3.05, 3.63) is 64.7 Å². The minimum absolute atomic E-state index is 0.0207. The van der Waals surface area contributed by atoms with Crippen LogP contribution in [0.3, 0.4) is 0 Å². The first-order valence-electron chi connectivity index (χ1n) is 14.3. The fourth-order valence-corrected chi connectivity index (χ4v) is 6.95. The molecule has 3 fully saturated rings. The molecule has 36 heavy (non-hydrogen) atoms. The average molecular weight is 486 g/mol. The number of fused-ring (bicyclic) bond motifs is 1. The number of Topliss-reactive ketones (excluding diaryl/α,β-unsaturated/α-hetero) is 2. The van der Waals surface area contributed by atoms with E-state index in [9.17, 15) is 9.59 Å². The van der Waals surface area contributed by atoms with E-state index in [1.807, 2.05) is 12.1 Å². The standard InChI is InChI=1S/C32H39NO3/c34-30(17-23-16-27-10-9-22(18-31(27)36-20-23)15-21-5-1-2-6-21)25-13-11-24(12-14-25)28-19-29(33-28)32(35)26-7-3-4-8-26/h9-14,18,21,23,26,28-29,33H,1-8,15-17,19-20H2/t23-,28?,29?/m0/s1. The minimum atomic E-state index is 0.0207. The smallest absolute Gasteiger partial charge is 0.163 e. The summed E-state index contributed by atoms with van der Waals surface area (Å²) in [5.41, 5.74) is 4.58. The van der Waals surface area contributed by atoms with Crippen LogP contribution in [0, 0.1) is 17.8 Å². The number of carbonyl (C=O) groups excluding carboxylic acids is 2. The number of hydrogen-bond donors (Lipinski definition) is 1. The van der Waals surface area contributed by atoms with Crippen molar-refractivity contribution in [1.29, 1.82) is 0 Å². The van der Waals surface area contributed by atoms with Gasteiger partial charge in [0.25, 0.3) is 0 Å². The highest BCUT2D eigenvalue weighted by Crippen LogP contribution is 2.35. The van der Waals surface area contributed by atoms with Crippen LogP contribution >= 0.6 is 0 Å². The Balaban J connectivity index is 0.995. The molecule has 2 aromatic rings. The van der Waals surface area contributed by atoms with Gasteiger partial charge in [0.15, 0.2) is 11.6 Å². The van der Waals surface area contributed by atoms with Crippen LogP contribution in [0.1, 0.15) is 97.3 Å². The van der Waals surface area contributed by atoms with Crippen molar-refractivity contribution in [2.45, 2.75) is 89.1 Å². The molecule has 0 aromatic heterocycles. The van der Waals surface area contributed by atoms with E-state index in [2.05, 4.69) is 35.6 Å². The molecule has 0 spiro atoms. The van der Waals surface area contributed by atoms with E-state index < -0.39 is 0 Å². The topological polar surface area (TPSA) is 55.4 Å². The fourth-order valence-electron chi connectivity index (χ4n) is 6.95. The summed E-state index contributed by atoms with van der Waals surface area (Å²) in [4.78, 5) is 25.6. The lowest BCUT2D eigenvalue weighted by atomic mass is 9.83. The van der Waals surface area contributed by atoms with Crippen molar-refractivity contribution in [2.75, 3.05) is 6.61 Å². The Bertz CT molecular complexity index is 1090. The number of ether oxygens (including phenoxy) is 1. The van der Waals surface area contributed by atoms with Crippen LogP contribution in [0.5, 0.6) is 5.75 Å². The van der Waals surface area contributed by atoms with E-state index in [1.165, 1.54) is 61.6 Å². The van der Waals surface area contributed by atoms with Crippen LogP contribution in [0.25, 0.3) is 0 Å².